The Hall–Kier alpha value is -2.09. The third-order valence-electron chi connectivity index (χ3n) is 3.52. The highest BCUT2D eigenvalue weighted by Crippen LogP contribution is 2.22. The molecule has 0 radical (unpaired) electrons. The van der Waals surface area contributed by atoms with E-state index in [2.05, 4.69) is 14.7 Å². The summed E-state index contributed by atoms with van der Waals surface area (Å²) >= 11 is 1.31. The molecule has 3 aromatic heterocycles. The number of nitrogens with zero attached hydrogens (tertiary/aromatic N) is 2. The van der Waals surface area contributed by atoms with Crippen molar-refractivity contribution in [1.29, 1.82) is 0 Å². The Morgan fingerprint density at radius 3 is 2.58 bits per heavy atom. The maximum Gasteiger partial charge on any atom is 0.250 e. The summed E-state index contributed by atoms with van der Waals surface area (Å²) in [5.41, 5.74) is 2.59. The summed E-state index contributed by atoms with van der Waals surface area (Å²) in [5.74, 6) is 0. The van der Waals surface area contributed by atoms with Gasteiger partial charge in [-0.15, -0.1) is 11.3 Å². The zero-order valence-corrected chi connectivity index (χ0v) is 14.8. The fraction of sp³-hybridized carbons (Fsp3) is 0.176. The average Bonchev–Trinajstić information content (AvgIpc) is 3.11. The van der Waals surface area contributed by atoms with Gasteiger partial charge >= 0.3 is 0 Å². The summed E-state index contributed by atoms with van der Waals surface area (Å²) in [6.07, 6.45) is 5.92. The van der Waals surface area contributed by atoms with Crippen LogP contribution in [0.1, 0.15) is 17.4 Å². The van der Waals surface area contributed by atoms with Gasteiger partial charge in [0.1, 0.15) is 4.21 Å². The van der Waals surface area contributed by atoms with Crippen LogP contribution in [0.2, 0.25) is 0 Å². The molecular formula is C17H17N3O2S2. The monoisotopic (exact) mass is 359 g/mol. The van der Waals surface area contributed by atoms with Crippen LogP contribution in [0.4, 0.5) is 0 Å². The summed E-state index contributed by atoms with van der Waals surface area (Å²) in [6, 6.07) is 10.9. The summed E-state index contributed by atoms with van der Waals surface area (Å²) in [7, 11) is -3.49. The number of hydrogen-bond acceptors (Lipinski definition) is 5. The third kappa shape index (κ3) is 3.87. The maximum absolute atomic E-state index is 12.4. The van der Waals surface area contributed by atoms with Gasteiger partial charge in [-0.05, 0) is 48.4 Å². The van der Waals surface area contributed by atoms with Crippen molar-refractivity contribution in [2.75, 3.05) is 0 Å². The number of hydrogen-bond donors (Lipinski definition) is 1. The van der Waals surface area contributed by atoms with Crippen LogP contribution in [0.15, 0.2) is 59.2 Å². The van der Waals surface area contributed by atoms with Crippen LogP contribution in [0, 0.1) is 0 Å². The molecule has 5 nitrogen and oxygen atoms in total. The minimum absolute atomic E-state index is 0.224. The van der Waals surface area contributed by atoms with Crippen molar-refractivity contribution in [3.8, 4) is 11.3 Å². The topological polar surface area (TPSA) is 72.0 Å². The van der Waals surface area contributed by atoms with E-state index in [1.807, 2.05) is 31.2 Å². The molecule has 3 aromatic rings. The van der Waals surface area contributed by atoms with Crippen molar-refractivity contribution in [2.24, 2.45) is 0 Å². The Labute approximate surface area is 145 Å². The number of aromatic nitrogens is 2. The van der Waals surface area contributed by atoms with Gasteiger partial charge in [0.2, 0.25) is 10.0 Å². The quantitative estimate of drug-likeness (QED) is 0.733. The smallest absolute Gasteiger partial charge is 0.250 e. The molecule has 124 valence electrons. The van der Waals surface area contributed by atoms with E-state index in [0.29, 0.717) is 4.21 Å². The number of aryl methyl sites for hydroxylation is 1. The molecule has 0 aliphatic rings. The normalized spacial score (nSPS) is 11.5. The second-order valence-electron chi connectivity index (χ2n) is 5.18. The van der Waals surface area contributed by atoms with Gasteiger partial charge in [0.05, 0.1) is 5.69 Å². The molecule has 7 heteroatoms. The molecule has 3 rings (SSSR count). The Balaban J connectivity index is 1.75. The maximum atomic E-state index is 12.4. The van der Waals surface area contributed by atoms with Crippen LogP contribution in [0.25, 0.3) is 11.3 Å². The molecule has 1 N–H and O–H groups in total. The highest BCUT2D eigenvalue weighted by atomic mass is 32.2. The highest BCUT2D eigenvalue weighted by Gasteiger charge is 2.16. The number of pyridine rings is 2. The SMILES string of the molecule is CCc1ccc(S(=O)(=O)NCc2ccnc(-c3ccncc3)c2)s1. The number of thiophene rings is 1. The Kier molecular flexibility index (Phi) is 5.03. The Bertz CT molecular complexity index is 922. The molecule has 24 heavy (non-hydrogen) atoms. The van der Waals surface area contributed by atoms with Gasteiger partial charge in [-0.3, -0.25) is 9.97 Å². The van der Waals surface area contributed by atoms with E-state index in [1.165, 1.54) is 11.3 Å². The van der Waals surface area contributed by atoms with E-state index in [0.717, 1.165) is 28.1 Å². The Morgan fingerprint density at radius 2 is 1.88 bits per heavy atom. The minimum Gasteiger partial charge on any atom is -0.265 e. The van der Waals surface area contributed by atoms with E-state index in [1.54, 1.807) is 30.7 Å². The largest absolute Gasteiger partial charge is 0.265 e. The minimum atomic E-state index is -3.49. The molecule has 0 saturated carbocycles. The predicted molar refractivity (Wildman–Crippen MR) is 95.2 cm³/mol. The molecule has 0 unspecified atom stereocenters. The average molecular weight is 359 g/mol. The molecular weight excluding hydrogens is 342 g/mol. The zero-order valence-electron chi connectivity index (χ0n) is 13.1. The molecule has 0 aliphatic heterocycles. The second-order valence-corrected chi connectivity index (χ2v) is 8.35. The van der Waals surface area contributed by atoms with Crippen LogP contribution in [-0.4, -0.2) is 18.4 Å². The van der Waals surface area contributed by atoms with Crippen molar-refractivity contribution in [2.45, 2.75) is 24.1 Å². The first-order valence-corrected chi connectivity index (χ1v) is 9.82. The lowest BCUT2D eigenvalue weighted by molar-refractivity contribution is 0.583. The summed E-state index contributed by atoms with van der Waals surface area (Å²) < 4.78 is 27.7. The molecule has 0 bridgehead atoms. The van der Waals surface area contributed by atoms with Crippen molar-refractivity contribution in [3.63, 3.8) is 0 Å². The lowest BCUT2D eigenvalue weighted by Gasteiger charge is -2.07. The standard InChI is InChI=1S/C17H17N3O2S2/c1-2-15-3-4-17(23-15)24(21,22)20-12-13-5-10-19-16(11-13)14-6-8-18-9-7-14/h3-11,20H,2,12H2,1H3. The molecule has 0 amide bonds. The van der Waals surface area contributed by atoms with Crippen LogP contribution in [-0.2, 0) is 23.0 Å². The zero-order chi connectivity index (χ0) is 17.0. The van der Waals surface area contributed by atoms with E-state index < -0.39 is 10.0 Å². The summed E-state index contributed by atoms with van der Waals surface area (Å²) in [6.45, 7) is 2.23. The van der Waals surface area contributed by atoms with Crippen LogP contribution in [0.3, 0.4) is 0 Å². The van der Waals surface area contributed by atoms with Gasteiger partial charge in [0, 0.05) is 35.6 Å². The molecule has 3 heterocycles. The highest BCUT2D eigenvalue weighted by molar-refractivity contribution is 7.91. The molecule has 0 aromatic carbocycles. The van der Waals surface area contributed by atoms with Crippen LogP contribution in [0.5, 0.6) is 0 Å². The first-order valence-electron chi connectivity index (χ1n) is 7.52. The summed E-state index contributed by atoms with van der Waals surface area (Å²) in [5, 5.41) is 0. The number of rotatable bonds is 6. The molecule has 0 spiro atoms. The van der Waals surface area contributed by atoms with E-state index in [4.69, 9.17) is 0 Å². The van der Waals surface area contributed by atoms with Crippen molar-refractivity contribution in [3.05, 3.63) is 65.4 Å². The number of sulfonamides is 1. The van der Waals surface area contributed by atoms with Gasteiger partial charge < -0.3 is 0 Å². The van der Waals surface area contributed by atoms with Crippen LogP contribution >= 0.6 is 11.3 Å². The first-order chi connectivity index (χ1) is 11.6. The molecule has 0 saturated heterocycles. The number of nitrogens with one attached hydrogen (secondary N) is 1. The van der Waals surface area contributed by atoms with Gasteiger partial charge in [-0.2, -0.15) is 0 Å². The third-order valence-corrected chi connectivity index (χ3v) is 6.64. The van der Waals surface area contributed by atoms with E-state index in [9.17, 15) is 8.42 Å². The van der Waals surface area contributed by atoms with Crippen molar-refractivity contribution in [1.82, 2.24) is 14.7 Å². The predicted octanol–water partition coefficient (Wildman–Crippen LogP) is 3.25. The Morgan fingerprint density at radius 1 is 1.08 bits per heavy atom. The van der Waals surface area contributed by atoms with Gasteiger partial charge in [-0.1, -0.05) is 6.92 Å². The van der Waals surface area contributed by atoms with Gasteiger partial charge in [0.25, 0.3) is 0 Å². The lowest BCUT2D eigenvalue weighted by Crippen LogP contribution is -2.22. The van der Waals surface area contributed by atoms with Crippen molar-refractivity contribution >= 4 is 21.4 Å². The first kappa shape index (κ1) is 16.8. The molecule has 0 aliphatic carbocycles. The lowest BCUT2D eigenvalue weighted by atomic mass is 10.1. The molecule has 0 atom stereocenters. The summed E-state index contributed by atoms with van der Waals surface area (Å²) in [4.78, 5) is 9.36. The van der Waals surface area contributed by atoms with Gasteiger partial charge in [-0.25, -0.2) is 13.1 Å². The van der Waals surface area contributed by atoms with Crippen molar-refractivity contribution < 1.29 is 8.42 Å². The van der Waals surface area contributed by atoms with Crippen LogP contribution < -0.4 is 4.72 Å². The van der Waals surface area contributed by atoms with E-state index >= 15 is 0 Å². The van der Waals surface area contributed by atoms with E-state index in [-0.39, 0.29) is 6.54 Å². The fourth-order valence-electron chi connectivity index (χ4n) is 2.21. The second kappa shape index (κ2) is 7.21. The fourth-order valence-corrected chi connectivity index (χ4v) is 4.56. The van der Waals surface area contributed by atoms with Gasteiger partial charge in [0.15, 0.2) is 0 Å². The molecule has 0 fully saturated rings.